The molecule has 0 saturated carbocycles. The summed E-state index contributed by atoms with van der Waals surface area (Å²) < 4.78 is 0. The zero-order valence-electron chi connectivity index (χ0n) is 8.86. The molecule has 0 aliphatic carbocycles. The van der Waals surface area contributed by atoms with E-state index in [4.69, 9.17) is 0 Å². The van der Waals surface area contributed by atoms with Crippen LogP contribution in [-0.4, -0.2) is 12.5 Å². The second-order valence-corrected chi connectivity index (χ2v) is 3.36. The predicted molar refractivity (Wildman–Crippen MR) is 59.4 cm³/mol. The molecule has 1 aromatic carbocycles. The molecule has 0 radical (unpaired) electrons. The van der Waals surface area contributed by atoms with Gasteiger partial charge in [0, 0.05) is 19.2 Å². The first-order valence-electron chi connectivity index (χ1n) is 5.09. The summed E-state index contributed by atoms with van der Waals surface area (Å²) >= 11 is 0. The van der Waals surface area contributed by atoms with Gasteiger partial charge in [0.05, 0.1) is 0 Å². The van der Waals surface area contributed by atoms with Gasteiger partial charge in [0.15, 0.2) is 0 Å². The molecule has 0 aliphatic rings. The third-order valence-electron chi connectivity index (χ3n) is 2.18. The Bertz CT molecular complexity index is 282. The maximum absolute atomic E-state index is 11.4. The molecular formula is C12H17NO. The topological polar surface area (TPSA) is 20.3 Å². The van der Waals surface area contributed by atoms with Crippen LogP contribution in [0.5, 0.6) is 0 Å². The number of rotatable bonds is 4. The lowest BCUT2D eigenvalue weighted by atomic mass is 10.2. The fourth-order valence-electron chi connectivity index (χ4n) is 1.39. The van der Waals surface area contributed by atoms with E-state index >= 15 is 0 Å². The van der Waals surface area contributed by atoms with Crippen LogP contribution in [0.25, 0.3) is 0 Å². The van der Waals surface area contributed by atoms with E-state index in [1.165, 1.54) is 0 Å². The maximum atomic E-state index is 11.4. The summed E-state index contributed by atoms with van der Waals surface area (Å²) in [6.07, 6.45) is 2.16. The summed E-state index contributed by atoms with van der Waals surface area (Å²) in [4.78, 5) is 13.2. The molecule has 0 N–H and O–H groups in total. The molecule has 0 atom stereocenters. The first kappa shape index (κ1) is 10.8. The Labute approximate surface area is 85.5 Å². The summed E-state index contributed by atoms with van der Waals surface area (Å²) in [6, 6.07) is 9.81. The van der Waals surface area contributed by atoms with Crippen molar-refractivity contribution in [3.8, 4) is 0 Å². The molecule has 1 amide bonds. The zero-order valence-corrected chi connectivity index (χ0v) is 8.86. The largest absolute Gasteiger partial charge is 0.313 e. The van der Waals surface area contributed by atoms with Crippen LogP contribution in [0, 0.1) is 0 Å². The van der Waals surface area contributed by atoms with E-state index in [9.17, 15) is 4.79 Å². The van der Waals surface area contributed by atoms with Crippen LogP contribution in [0.15, 0.2) is 30.3 Å². The molecule has 76 valence electrons. The minimum atomic E-state index is 0.115. The standard InChI is InChI=1S/C12H17NO/c1-3-4-10-13(11(2)14)12-8-6-5-7-9-12/h5-9H,3-4,10H2,1-2H3. The Morgan fingerprint density at radius 2 is 1.93 bits per heavy atom. The summed E-state index contributed by atoms with van der Waals surface area (Å²) in [5.41, 5.74) is 0.994. The van der Waals surface area contributed by atoms with Crippen molar-refractivity contribution < 1.29 is 4.79 Å². The molecule has 0 bridgehead atoms. The number of carbonyl (C=O) groups is 1. The van der Waals surface area contributed by atoms with Crippen molar-refractivity contribution in [2.24, 2.45) is 0 Å². The molecule has 1 rings (SSSR count). The van der Waals surface area contributed by atoms with Gasteiger partial charge < -0.3 is 4.90 Å². The average molecular weight is 191 g/mol. The van der Waals surface area contributed by atoms with Crippen molar-refractivity contribution in [3.63, 3.8) is 0 Å². The van der Waals surface area contributed by atoms with E-state index < -0.39 is 0 Å². The summed E-state index contributed by atoms with van der Waals surface area (Å²) in [5.74, 6) is 0.115. The number of benzene rings is 1. The first-order valence-corrected chi connectivity index (χ1v) is 5.09. The van der Waals surface area contributed by atoms with Crippen molar-refractivity contribution in [1.29, 1.82) is 0 Å². The third kappa shape index (κ3) is 2.87. The van der Waals surface area contributed by atoms with Crippen LogP contribution in [0.4, 0.5) is 5.69 Å². The van der Waals surface area contributed by atoms with Crippen molar-refractivity contribution in [2.75, 3.05) is 11.4 Å². The number of carbonyl (C=O) groups excluding carboxylic acids is 1. The highest BCUT2D eigenvalue weighted by Gasteiger charge is 2.08. The number of amides is 1. The Morgan fingerprint density at radius 1 is 1.29 bits per heavy atom. The average Bonchev–Trinajstić information content (AvgIpc) is 2.19. The van der Waals surface area contributed by atoms with Crippen molar-refractivity contribution >= 4 is 11.6 Å². The summed E-state index contributed by atoms with van der Waals surface area (Å²) in [5, 5.41) is 0. The smallest absolute Gasteiger partial charge is 0.223 e. The van der Waals surface area contributed by atoms with E-state index in [2.05, 4.69) is 6.92 Å². The third-order valence-corrected chi connectivity index (χ3v) is 2.18. The Hall–Kier alpha value is -1.31. The van der Waals surface area contributed by atoms with Gasteiger partial charge >= 0.3 is 0 Å². The lowest BCUT2D eigenvalue weighted by Crippen LogP contribution is -2.29. The number of unbranched alkanes of at least 4 members (excludes halogenated alkanes) is 1. The van der Waals surface area contributed by atoms with Crippen LogP contribution >= 0.6 is 0 Å². The fraction of sp³-hybridized carbons (Fsp3) is 0.417. The molecule has 14 heavy (non-hydrogen) atoms. The van der Waals surface area contributed by atoms with Crippen molar-refractivity contribution in [3.05, 3.63) is 30.3 Å². The van der Waals surface area contributed by atoms with Gasteiger partial charge in [0.25, 0.3) is 0 Å². The minimum Gasteiger partial charge on any atom is -0.313 e. The molecule has 0 spiro atoms. The molecule has 0 heterocycles. The fourth-order valence-corrected chi connectivity index (χ4v) is 1.39. The van der Waals surface area contributed by atoms with E-state index in [1.54, 1.807) is 6.92 Å². The van der Waals surface area contributed by atoms with Crippen LogP contribution in [0.3, 0.4) is 0 Å². The molecular weight excluding hydrogens is 174 g/mol. The Kier molecular flexibility index (Phi) is 4.17. The lowest BCUT2D eigenvalue weighted by molar-refractivity contribution is -0.116. The lowest BCUT2D eigenvalue weighted by Gasteiger charge is -2.20. The van der Waals surface area contributed by atoms with Gasteiger partial charge in [0.2, 0.25) is 5.91 Å². The Balaban J connectivity index is 2.73. The van der Waals surface area contributed by atoms with Gasteiger partial charge in [-0.15, -0.1) is 0 Å². The molecule has 0 aromatic heterocycles. The number of anilines is 1. The second-order valence-electron chi connectivity index (χ2n) is 3.36. The van der Waals surface area contributed by atoms with Gasteiger partial charge in [-0.1, -0.05) is 31.5 Å². The highest BCUT2D eigenvalue weighted by Crippen LogP contribution is 2.13. The van der Waals surface area contributed by atoms with Crippen molar-refractivity contribution in [1.82, 2.24) is 0 Å². The van der Waals surface area contributed by atoms with E-state index in [1.807, 2.05) is 35.2 Å². The summed E-state index contributed by atoms with van der Waals surface area (Å²) in [7, 11) is 0. The van der Waals surface area contributed by atoms with Crippen LogP contribution in [0.2, 0.25) is 0 Å². The van der Waals surface area contributed by atoms with Gasteiger partial charge in [-0.2, -0.15) is 0 Å². The van der Waals surface area contributed by atoms with E-state index in [-0.39, 0.29) is 5.91 Å². The molecule has 0 unspecified atom stereocenters. The van der Waals surface area contributed by atoms with Gasteiger partial charge in [-0.05, 0) is 18.6 Å². The normalized spacial score (nSPS) is 9.86. The number of nitrogens with zero attached hydrogens (tertiary/aromatic N) is 1. The van der Waals surface area contributed by atoms with E-state index in [0.29, 0.717) is 0 Å². The van der Waals surface area contributed by atoms with Gasteiger partial charge in [-0.3, -0.25) is 4.79 Å². The van der Waals surface area contributed by atoms with Crippen LogP contribution in [0.1, 0.15) is 26.7 Å². The SMILES string of the molecule is CCCCN(C(C)=O)c1ccccc1. The van der Waals surface area contributed by atoms with Crippen molar-refractivity contribution in [2.45, 2.75) is 26.7 Å². The number of hydrogen-bond acceptors (Lipinski definition) is 1. The quantitative estimate of drug-likeness (QED) is 0.716. The Morgan fingerprint density at radius 3 is 2.43 bits per heavy atom. The zero-order chi connectivity index (χ0) is 10.4. The highest BCUT2D eigenvalue weighted by atomic mass is 16.2. The van der Waals surface area contributed by atoms with Crippen LogP contribution < -0.4 is 4.90 Å². The maximum Gasteiger partial charge on any atom is 0.223 e. The van der Waals surface area contributed by atoms with Gasteiger partial charge in [-0.25, -0.2) is 0 Å². The van der Waals surface area contributed by atoms with E-state index in [0.717, 1.165) is 25.1 Å². The highest BCUT2D eigenvalue weighted by molar-refractivity contribution is 5.91. The monoisotopic (exact) mass is 191 g/mol. The second kappa shape index (κ2) is 5.43. The number of hydrogen-bond donors (Lipinski definition) is 0. The minimum absolute atomic E-state index is 0.115. The molecule has 0 saturated heterocycles. The number of para-hydroxylation sites is 1. The van der Waals surface area contributed by atoms with Gasteiger partial charge in [0.1, 0.15) is 0 Å². The molecule has 2 nitrogen and oxygen atoms in total. The first-order chi connectivity index (χ1) is 6.75. The molecule has 2 heteroatoms. The van der Waals surface area contributed by atoms with Crippen LogP contribution in [-0.2, 0) is 4.79 Å². The molecule has 0 aliphatic heterocycles. The molecule has 1 aromatic rings. The summed E-state index contributed by atoms with van der Waals surface area (Å²) in [6.45, 7) is 4.56. The predicted octanol–water partition coefficient (Wildman–Crippen LogP) is 2.84. The molecule has 0 fully saturated rings.